The fourth-order valence-corrected chi connectivity index (χ4v) is 2.24. The number of amides is 3. The van der Waals surface area contributed by atoms with Crippen LogP contribution in [0.3, 0.4) is 0 Å². The van der Waals surface area contributed by atoms with Gasteiger partial charge in [-0.3, -0.25) is 14.4 Å². The molecule has 4 N–H and O–H groups in total. The molecule has 0 spiro atoms. The number of benzene rings is 1. The Hall–Kier alpha value is -2.12. The van der Waals surface area contributed by atoms with Gasteiger partial charge in [0.2, 0.25) is 11.8 Å². The maximum Gasteiger partial charge on any atom is 0.255 e. The molecule has 146 valence electrons. The first kappa shape index (κ1) is 23.9. The van der Waals surface area contributed by atoms with Crippen molar-refractivity contribution in [2.75, 3.05) is 25.0 Å². The van der Waals surface area contributed by atoms with Crippen LogP contribution in [-0.4, -0.2) is 48.3 Å². The molecule has 0 fully saturated rings. The van der Waals surface area contributed by atoms with E-state index >= 15 is 0 Å². The summed E-state index contributed by atoms with van der Waals surface area (Å²) in [5.74, 6) is -0.955. The van der Waals surface area contributed by atoms with E-state index in [1.807, 2.05) is 27.7 Å². The average molecular weight is 385 g/mol. The number of nitrogens with one attached hydrogen (secondary N) is 2. The number of hydrogen-bond donors (Lipinski definition) is 3. The highest BCUT2D eigenvalue weighted by atomic mass is 35.5. The maximum absolute atomic E-state index is 12.5. The van der Waals surface area contributed by atoms with E-state index < -0.39 is 11.9 Å². The third-order valence-electron chi connectivity index (χ3n) is 3.93. The summed E-state index contributed by atoms with van der Waals surface area (Å²) in [5.41, 5.74) is 6.58. The summed E-state index contributed by atoms with van der Waals surface area (Å²) in [6, 6.07) is 6.15. The summed E-state index contributed by atoms with van der Waals surface area (Å²) in [5, 5.41) is 5.18. The van der Waals surface area contributed by atoms with Crippen molar-refractivity contribution in [2.24, 2.45) is 11.7 Å². The van der Waals surface area contributed by atoms with Crippen LogP contribution >= 0.6 is 12.4 Å². The van der Waals surface area contributed by atoms with Gasteiger partial charge in [-0.25, -0.2) is 0 Å². The first-order chi connectivity index (χ1) is 11.8. The Morgan fingerprint density at radius 3 is 2.23 bits per heavy atom. The predicted octanol–water partition coefficient (Wildman–Crippen LogP) is 1.63. The van der Waals surface area contributed by atoms with Crippen LogP contribution in [0.2, 0.25) is 0 Å². The van der Waals surface area contributed by atoms with Crippen LogP contribution in [0.4, 0.5) is 5.69 Å². The van der Waals surface area contributed by atoms with Crippen molar-refractivity contribution in [2.45, 2.75) is 33.7 Å². The fourth-order valence-electron chi connectivity index (χ4n) is 2.24. The summed E-state index contributed by atoms with van der Waals surface area (Å²) in [6.07, 6.45) is 0. The fraction of sp³-hybridized carbons (Fsp3) is 0.500. The third kappa shape index (κ3) is 6.65. The summed E-state index contributed by atoms with van der Waals surface area (Å²) in [6.45, 7) is 8.43. The summed E-state index contributed by atoms with van der Waals surface area (Å²) < 4.78 is 0. The molecule has 0 aromatic heterocycles. The summed E-state index contributed by atoms with van der Waals surface area (Å²) in [7, 11) is 0. The number of halogens is 1. The second kappa shape index (κ2) is 11.5. The molecular formula is C18H29ClN4O3. The zero-order valence-electron chi connectivity index (χ0n) is 15.7. The van der Waals surface area contributed by atoms with Gasteiger partial charge in [0.25, 0.3) is 5.91 Å². The molecular weight excluding hydrogens is 356 g/mol. The van der Waals surface area contributed by atoms with E-state index in [0.29, 0.717) is 24.3 Å². The molecule has 1 aromatic carbocycles. The van der Waals surface area contributed by atoms with Crippen molar-refractivity contribution in [1.29, 1.82) is 0 Å². The lowest BCUT2D eigenvalue weighted by molar-refractivity contribution is -0.125. The van der Waals surface area contributed by atoms with Gasteiger partial charge in [0.1, 0.15) is 0 Å². The molecule has 0 saturated heterocycles. The molecule has 0 aliphatic carbocycles. The molecule has 0 radical (unpaired) electrons. The zero-order chi connectivity index (χ0) is 19.0. The number of carbonyl (C=O) groups excluding carboxylic acids is 3. The van der Waals surface area contributed by atoms with Crippen LogP contribution in [0.1, 0.15) is 38.1 Å². The Morgan fingerprint density at radius 2 is 1.69 bits per heavy atom. The molecule has 26 heavy (non-hydrogen) atoms. The first-order valence-electron chi connectivity index (χ1n) is 8.53. The molecule has 1 atom stereocenters. The van der Waals surface area contributed by atoms with Crippen molar-refractivity contribution in [3.05, 3.63) is 29.8 Å². The highest BCUT2D eigenvalue weighted by Crippen LogP contribution is 2.17. The van der Waals surface area contributed by atoms with E-state index in [4.69, 9.17) is 5.73 Å². The maximum atomic E-state index is 12.5. The van der Waals surface area contributed by atoms with Crippen molar-refractivity contribution >= 4 is 35.8 Å². The highest BCUT2D eigenvalue weighted by Gasteiger charge is 2.19. The van der Waals surface area contributed by atoms with Crippen LogP contribution in [0, 0.1) is 5.92 Å². The normalized spacial score (nSPS) is 11.3. The van der Waals surface area contributed by atoms with Gasteiger partial charge in [-0.1, -0.05) is 26.0 Å². The van der Waals surface area contributed by atoms with E-state index in [1.165, 1.54) is 0 Å². The van der Waals surface area contributed by atoms with Crippen LogP contribution in [-0.2, 0) is 9.59 Å². The van der Waals surface area contributed by atoms with Crippen molar-refractivity contribution < 1.29 is 14.4 Å². The smallest absolute Gasteiger partial charge is 0.255 e. The number of nitrogens with zero attached hydrogens (tertiary/aromatic N) is 1. The number of anilines is 1. The van der Waals surface area contributed by atoms with Gasteiger partial charge >= 0.3 is 0 Å². The number of hydrogen-bond acceptors (Lipinski definition) is 4. The molecule has 0 bridgehead atoms. The third-order valence-corrected chi connectivity index (χ3v) is 3.93. The Morgan fingerprint density at radius 1 is 1.12 bits per heavy atom. The predicted molar refractivity (Wildman–Crippen MR) is 105 cm³/mol. The lowest BCUT2D eigenvalue weighted by atomic mass is 10.1. The largest absolute Gasteiger partial charge is 0.346 e. The summed E-state index contributed by atoms with van der Waals surface area (Å²) in [4.78, 5) is 38.1. The molecule has 0 heterocycles. The lowest BCUT2D eigenvalue weighted by Crippen LogP contribution is -2.46. The minimum atomic E-state index is -0.663. The van der Waals surface area contributed by atoms with Crippen LogP contribution in [0.5, 0.6) is 0 Å². The minimum Gasteiger partial charge on any atom is -0.346 e. The number of carbonyl (C=O) groups is 3. The van der Waals surface area contributed by atoms with Gasteiger partial charge in [0.05, 0.1) is 23.8 Å². The van der Waals surface area contributed by atoms with Crippen LogP contribution in [0.15, 0.2) is 24.3 Å². The van der Waals surface area contributed by atoms with Crippen LogP contribution in [0.25, 0.3) is 0 Å². The molecule has 0 aliphatic heterocycles. The molecule has 3 amide bonds. The standard InChI is InChI=1S/C18H28N4O3.ClH/c1-5-22(6-2)18(25)13-9-7-8-10-14(13)21-15(23)11-20-17(24)16(19)12(3)4;/h7-10,12,16H,5-6,11,19H2,1-4H3,(H,20,24)(H,21,23);1H/t16-;/m0./s1. The molecule has 1 aromatic rings. The van der Waals surface area contributed by atoms with Crippen molar-refractivity contribution in [3.63, 3.8) is 0 Å². The Balaban J connectivity index is 0.00000625. The Bertz CT molecular complexity index is 618. The molecule has 7 nitrogen and oxygen atoms in total. The van der Waals surface area contributed by atoms with Gasteiger partial charge in [0, 0.05) is 13.1 Å². The molecule has 8 heteroatoms. The molecule has 1 rings (SSSR count). The van der Waals surface area contributed by atoms with Crippen LogP contribution < -0.4 is 16.4 Å². The van der Waals surface area contributed by atoms with Crippen molar-refractivity contribution in [3.8, 4) is 0 Å². The quantitative estimate of drug-likeness (QED) is 0.633. The first-order valence-corrected chi connectivity index (χ1v) is 8.53. The molecule has 0 aliphatic rings. The van der Waals surface area contributed by atoms with Crippen molar-refractivity contribution in [1.82, 2.24) is 10.2 Å². The molecule has 0 unspecified atom stereocenters. The van der Waals surface area contributed by atoms with Gasteiger partial charge in [-0.05, 0) is 31.9 Å². The average Bonchev–Trinajstić information content (AvgIpc) is 2.60. The second-order valence-electron chi connectivity index (χ2n) is 6.06. The van der Waals surface area contributed by atoms with E-state index in [0.717, 1.165) is 0 Å². The number of para-hydroxylation sites is 1. The topological polar surface area (TPSA) is 105 Å². The van der Waals surface area contributed by atoms with E-state index in [1.54, 1.807) is 29.2 Å². The monoisotopic (exact) mass is 384 g/mol. The van der Waals surface area contributed by atoms with E-state index in [2.05, 4.69) is 10.6 Å². The molecule has 0 saturated carbocycles. The van der Waals surface area contributed by atoms with E-state index in [-0.39, 0.29) is 36.7 Å². The number of nitrogens with two attached hydrogens (primary N) is 1. The second-order valence-corrected chi connectivity index (χ2v) is 6.06. The van der Waals surface area contributed by atoms with Gasteiger partial charge < -0.3 is 21.3 Å². The lowest BCUT2D eigenvalue weighted by Gasteiger charge is -2.20. The van der Waals surface area contributed by atoms with Gasteiger partial charge in [-0.15, -0.1) is 12.4 Å². The zero-order valence-corrected chi connectivity index (χ0v) is 16.6. The Kier molecular flexibility index (Phi) is 10.6. The Labute approximate surface area is 161 Å². The van der Waals surface area contributed by atoms with E-state index in [9.17, 15) is 14.4 Å². The highest BCUT2D eigenvalue weighted by molar-refractivity contribution is 6.04. The van der Waals surface area contributed by atoms with Gasteiger partial charge in [0.15, 0.2) is 0 Å². The summed E-state index contributed by atoms with van der Waals surface area (Å²) >= 11 is 0. The number of rotatable bonds is 8. The van der Waals surface area contributed by atoms with Gasteiger partial charge in [-0.2, -0.15) is 0 Å². The SMILES string of the molecule is CCN(CC)C(=O)c1ccccc1NC(=O)CNC(=O)[C@@H](N)C(C)C.Cl. The minimum absolute atomic E-state index is 0.